The van der Waals surface area contributed by atoms with Gasteiger partial charge in [0.2, 0.25) is 0 Å². The molecule has 144 valence electrons. The van der Waals surface area contributed by atoms with E-state index in [4.69, 9.17) is 0 Å². The van der Waals surface area contributed by atoms with Crippen molar-refractivity contribution in [2.75, 3.05) is 10.6 Å². The van der Waals surface area contributed by atoms with Gasteiger partial charge in [0.15, 0.2) is 5.13 Å². The number of aromatic nitrogens is 3. The normalized spacial score (nSPS) is 10.6. The SMILES string of the molecule is O=C(Nc1cccc(-c2csc(Nc3ccc(F)cc3F)n2)c1)c1cnccn1. The first-order valence-electron chi connectivity index (χ1n) is 8.44. The van der Waals surface area contributed by atoms with Gasteiger partial charge in [-0.15, -0.1) is 11.3 Å². The lowest BCUT2D eigenvalue weighted by Gasteiger charge is -2.06. The molecule has 0 aliphatic carbocycles. The zero-order chi connectivity index (χ0) is 20.2. The second-order valence-corrected chi connectivity index (χ2v) is 6.77. The summed E-state index contributed by atoms with van der Waals surface area (Å²) < 4.78 is 26.8. The molecule has 2 aromatic heterocycles. The maximum atomic E-state index is 13.8. The van der Waals surface area contributed by atoms with Crippen molar-refractivity contribution in [2.45, 2.75) is 0 Å². The molecule has 0 bridgehead atoms. The highest BCUT2D eigenvalue weighted by Crippen LogP contribution is 2.29. The molecule has 9 heteroatoms. The molecule has 6 nitrogen and oxygen atoms in total. The van der Waals surface area contributed by atoms with Gasteiger partial charge in [0.05, 0.1) is 17.6 Å². The van der Waals surface area contributed by atoms with Crippen molar-refractivity contribution >= 4 is 33.8 Å². The van der Waals surface area contributed by atoms with Crippen molar-refractivity contribution < 1.29 is 13.6 Å². The van der Waals surface area contributed by atoms with Gasteiger partial charge in [0.25, 0.3) is 5.91 Å². The minimum absolute atomic E-state index is 0.136. The van der Waals surface area contributed by atoms with E-state index in [1.807, 2.05) is 6.07 Å². The number of benzene rings is 2. The Morgan fingerprint density at radius 1 is 1.07 bits per heavy atom. The van der Waals surface area contributed by atoms with E-state index < -0.39 is 11.6 Å². The van der Waals surface area contributed by atoms with Crippen LogP contribution in [0.3, 0.4) is 0 Å². The molecule has 0 aliphatic heterocycles. The highest BCUT2D eigenvalue weighted by molar-refractivity contribution is 7.14. The second kappa shape index (κ2) is 8.11. The Morgan fingerprint density at radius 3 is 2.76 bits per heavy atom. The number of nitrogens with one attached hydrogen (secondary N) is 2. The van der Waals surface area contributed by atoms with Gasteiger partial charge in [-0.1, -0.05) is 12.1 Å². The van der Waals surface area contributed by atoms with Crippen molar-refractivity contribution in [3.63, 3.8) is 0 Å². The lowest BCUT2D eigenvalue weighted by atomic mass is 10.1. The molecule has 0 aliphatic rings. The molecule has 2 aromatic carbocycles. The summed E-state index contributed by atoms with van der Waals surface area (Å²) in [5.74, 6) is -1.72. The molecule has 0 fully saturated rings. The highest BCUT2D eigenvalue weighted by atomic mass is 32.1. The number of carbonyl (C=O) groups is 1. The first kappa shape index (κ1) is 18.6. The van der Waals surface area contributed by atoms with Gasteiger partial charge in [-0.3, -0.25) is 9.78 Å². The van der Waals surface area contributed by atoms with Crippen LogP contribution in [0.5, 0.6) is 0 Å². The van der Waals surface area contributed by atoms with E-state index in [-0.39, 0.29) is 17.3 Å². The van der Waals surface area contributed by atoms with E-state index in [9.17, 15) is 13.6 Å². The van der Waals surface area contributed by atoms with Gasteiger partial charge in [-0.05, 0) is 24.3 Å². The van der Waals surface area contributed by atoms with Gasteiger partial charge >= 0.3 is 0 Å². The van der Waals surface area contributed by atoms with Crippen LogP contribution in [0, 0.1) is 11.6 Å². The van der Waals surface area contributed by atoms with Crippen LogP contribution in [-0.2, 0) is 0 Å². The number of thiazole rings is 1. The number of carbonyl (C=O) groups excluding carboxylic acids is 1. The third-order valence-electron chi connectivity index (χ3n) is 3.89. The molecular weight excluding hydrogens is 396 g/mol. The van der Waals surface area contributed by atoms with Gasteiger partial charge in [-0.25, -0.2) is 18.7 Å². The molecule has 0 saturated heterocycles. The molecule has 2 N–H and O–H groups in total. The molecule has 0 unspecified atom stereocenters. The van der Waals surface area contributed by atoms with Crippen LogP contribution < -0.4 is 10.6 Å². The van der Waals surface area contributed by atoms with Gasteiger partial charge in [-0.2, -0.15) is 0 Å². The quantitative estimate of drug-likeness (QED) is 0.491. The van der Waals surface area contributed by atoms with Crippen LogP contribution in [0.4, 0.5) is 25.3 Å². The Labute approximate surface area is 168 Å². The molecular formula is C20H13F2N5OS. The summed E-state index contributed by atoms with van der Waals surface area (Å²) in [5, 5.41) is 7.86. The Kier molecular flexibility index (Phi) is 5.21. The van der Waals surface area contributed by atoms with E-state index in [1.165, 1.54) is 42.1 Å². The number of halogens is 2. The third kappa shape index (κ3) is 4.41. The van der Waals surface area contributed by atoms with E-state index in [0.717, 1.165) is 11.6 Å². The lowest BCUT2D eigenvalue weighted by molar-refractivity contribution is 0.102. The summed E-state index contributed by atoms with van der Waals surface area (Å²) in [4.78, 5) is 24.5. The number of nitrogens with zero attached hydrogens (tertiary/aromatic N) is 3. The number of amides is 1. The van der Waals surface area contributed by atoms with E-state index >= 15 is 0 Å². The fraction of sp³-hybridized carbons (Fsp3) is 0. The average Bonchev–Trinajstić information content (AvgIpc) is 3.20. The zero-order valence-electron chi connectivity index (χ0n) is 14.8. The summed E-state index contributed by atoms with van der Waals surface area (Å²) in [6, 6.07) is 10.4. The van der Waals surface area contributed by atoms with E-state index in [0.29, 0.717) is 16.5 Å². The Bertz CT molecular complexity index is 1170. The molecule has 2 heterocycles. The Balaban J connectivity index is 1.51. The lowest BCUT2D eigenvalue weighted by Crippen LogP contribution is -2.13. The second-order valence-electron chi connectivity index (χ2n) is 5.91. The Morgan fingerprint density at radius 2 is 1.97 bits per heavy atom. The van der Waals surface area contributed by atoms with Gasteiger partial charge in [0, 0.05) is 35.1 Å². The standard InChI is InChI=1S/C20H13F2N5OS/c21-13-4-5-16(15(22)9-13)26-20-27-18(11-29-20)12-2-1-3-14(8-12)25-19(28)17-10-23-6-7-24-17/h1-11H,(H,25,28)(H,26,27). The van der Waals surface area contributed by atoms with Crippen molar-refractivity contribution in [3.05, 3.63) is 83.8 Å². The van der Waals surface area contributed by atoms with Crippen LogP contribution in [-0.4, -0.2) is 20.9 Å². The minimum Gasteiger partial charge on any atom is -0.329 e. The summed E-state index contributed by atoms with van der Waals surface area (Å²) in [7, 11) is 0. The van der Waals surface area contributed by atoms with Crippen LogP contribution in [0.2, 0.25) is 0 Å². The van der Waals surface area contributed by atoms with Gasteiger partial charge < -0.3 is 10.6 Å². The Hall–Kier alpha value is -3.72. The van der Waals surface area contributed by atoms with Crippen molar-refractivity contribution in [1.82, 2.24) is 15.0 Å². The molecule has 0 atom stereocenters. The summed E-state index contributed by atoms with van der Waals surface area (Å²) in [6.45, 7) is 0. The smallest absolute Gasteiger partial charge is 0.275 e. The molecule has 4 rings (SSSR count). The first-order valence-corrected chi connectivity index (χ1v) is 9.32. The van der Waals surface area contributed by atoms with E-state index in [1.54, 1.807) is 23.6 Å². The monoisotopic (exact) mass is 409 g/mol. The molecule has 0 radical (unpaired) electrons. The number of hydrogen-bond donors (Lipinski definition) is 2. The van der Waals surface area contributed by atoms with Crippen LogP contribution in [0.1, 0.15) is 10.5 Å². The molecule has 0 spiro atoms. The molecule has 0 saturated carbocycles. The topological polar surface area (TPSA) is 79.8 Å². The maximum Gasteiger partial charge on any atom is 0.275 e. The fourth-order valence-electron chi connectivity index (χ4n) is 2.54. The molecule has 29 heavy (non-hydrogen) atoms. The molecule has 4 aromatic rings. The fourth-order valence-corrected chi connectivity index (χ4v) is 3.27. The van der Waals surface area contributed by atoms with Crippen molar-refractivity contribution in [2.24, 2.45) is 0 Å². The van der Waals surface area contributed by atoms with Crippen LogP contribution in [0.25, 0.3) is 11.3 Å². The summed E-state index contributed by atoms with van der Waals surface area (Å²) in [6.07, 6.45) is 4.31. The van der Waals surface area contributed by atoms with Gasteiger partial charge in [0.1, 0.15) is 17.3 Å². The zero-order valence-corrected chi connectivity index (χ0v) is 15.6. The van der Waals surface area contributed by atoms with Crippen molar-refractivity contribution in [3.8, 4) is 11.3 Å². The number of hydrogen-bond acceptors (Lipinski definition) is 6. The first-order chi connectivity index (χ1) is 14.1. The molecule has 1 amide bonds. The summed E-state index contributed by atoms with van der Waals surface area (Å²) >= 11 is 1.28. The van der Waals surface area contributed by atoms with Crippen molar-refractivity contribution in [1.29, 1.82) is 0 Å². The van der Waals surface area contributed by atoms with Crippen LogP contribution in [0.15, 0.2) is 66.4 Å². The minimum atomic E-state index is -0.699. The summed E-state index contributed by atoms with van der Waals surface area (Å²) in [5.41, 5.74) is 2.34. The van der Waals surface area contributed by atoms with Crippen LogP contribution >= 0.6 is 11.3 Å². The number of anilines is 3. The predicted octanol–water partition coefficient (Wildman–Crippen LogP) is 4.87. The maximum absolute atomic E-state index is 13.8. The van der Waals surface area contributed by atoms with E-state index in [2.05, 4.69) is 25.6 Å². The highest BCUT2D eigenvalue weighted by Gasteiger charge is 2.11. The largest absolute Gasteiger partial charge is 0.329 e. The average molecular weight is 409 g/mol. The third-order valence-corrected chi connectivity index (χ3v) is 4.65. The number of rotatable bonds is 5. The predicted molar refractivity (Wildman–Crippen MR) is 107 cm³/mol.